The average Bonchev–Trinajstić information content (AvgIpc) is 3.00. The molecule has 0 bridgehead atoms. The predicted octanol–water partition coefficient (Wildman–Crippen LogP) is 5.00. The third kappa shape index (κ3) is 20.8. The van der Waals surface area contributed by atoms with E-state index in [-0.39, 0.29) is 19.4 Å². The van der Waals surface area contributed by atoms with Crippen LogP contribution in [0.5, 0.6) is 0 Å². The number of ether oxygens (including phenoxy) is 4. The first kappa shape index (κ1) is 42.7. The zero-order valence-electron chi connectivity index (χ0n) is 28.2. The Hall–Kier alpha value is -1.35. The number of aliphatic hydroxyl groups is 3. The molecule has 4 N–H and O–H groups in total. The highest BCUT2D eigenvalue weighted by molar-refractivity contribution is 7.85. The summed E-state index contributed by atoms with van der Waals surface area (Å²) in [5.41, 5.74) is 0. The molecule has 0 saturated carbocycles. The topological polar surface area (TPSA) is 186 Å². The van der Waals surface area contributed by atoms with Gasteiger partial charge in [-0.2, -0.15) is 8.42 Å². The highest BCUT2D eigenvalue weighted by Crippen LogP contribution is 2.24. The quantitative estimate of drug-likeness (QED) is 0.0493. The summed E-state index contributed by atoms with van der Waals surface area (Å²) in [6.07, 6.45) is 10.5. The van der Waals surface area contributed by atoms with Crippen LogP contribution in [0.2, 0.25) is 0 Å². The van der Waals surface area contributed by atoms with Crippen molar-refractivity contribution in [1.82, 2.24) is 0 Å². The fraction of sp³-hybridized carbons (Fsp3) is 0.939. The van der Waals surface area contributed by atoms with Gasteiger partial charge in [-0.25, -0.2) is 0 Å². The summed E-state index contributed by atoms with van der Waals surface area (Å²) in [6.45, 7) is 3.67. The van der Waals surface area contributed by atoms with Gasteiger partial charge in [-0.15, -0.1) is 0 Å². The number of unbranched alkanes of at least 4 members (excludes halogenated alkanes) is 16. The summed E-state index contributed by atoms with van der Waals surface area (Å²) >= 11 is 0. The average molecular weight is 683 g/mol. The van der Waals surface area contributed by atoms with E-state index in [1.54, 1.807) is 0 Å². The van der Waals surface area contributed by atoms with Crippen LogP contribution >= 0.6 is 0 Å². The van der Waals surface area contributed by atoms with Crippen LogP contribution in [0.1, 0.15) is 142 Å². The maximum atomic E-state index is 12.6. The van der Waals surface area contributed by atoms with E-state index in [4.69, 9.17) is 23.5 Å². The van der Waals surface area contributed by atoms with Crippen LogP contribution < -0.4 is 0 Å². The molecule has 0 unspecified atom stereocenters. The van der Waals surface area contributed by atoms with Crippen LogP contribution in [0, 0.1) is 0 Å². The van der Waals surface area contributed by atoms with Gasteiger partial charge in [0.25, 0.3) is 10.1 Å². The monoisotopic (exact) mass is 682 g/mol. The molecule has 1 saturated heterocycles. The summed E-state index contributed by atoms with van der Waals surface area (Å²) in [6, 6.07) is 0. The molecule has 0 aliphatic carbocycles. The molecule has 0 radical (unpaired) electrons. The summed E-state index contributed by atoms with van der Waals surface area (Å²) in [5.74, 6) is -1.98. The number of carbonyl (C=O) groups excluding carboxylic acids is 2. The summed E-state index contributed by atoms with van der Waals surface area (Å²) in [4.78, 5) is 25.0. The van der Waals surface area contributed by atoms with Gasteiger partial charge in [0.1, 0.15) is 36.8 Å². The second-order valence-corrected chi connectivity index (χ2v) is 14.0. The lowest BCUT2D eigenvalue weighted by atomic mass is 10.00. The molecule has 1 aliphatic rings. The largest absolute Gasteiger partial charge is 0.462 e. The van der Waals surface area contributed by atoms with Gasteiger partial charge in [0.05, 0.1) is 6.61 Å². The van der Waals surface area contributed by atoms with Gasteiger partial charge in [-0.1, -0.05) is 117 Å². The van der Waals surface area contributed by atoms with E-state index in [0.29, 0.717) is 12.8 Å². The van der Waals surface area contributed by atoms with Crippen LogP contribution in [0.25, 0.3) is 0 Å². The van der Waals surface area contributed by atoms with E-state index in [1.807, 2.05) is 0 Å². The maximum Gasteiger partial charge on any atom is 0.306 e. The molecule has 272 valence electrons. The molecule has 1 fully saturated rings. The van der Waals surface area contributed by atoms with E-state index < -0.39 is 71.2 Å². The van der Waals surface area contributed by atoms with E-state index in [1.165, 1.54) is 64.2 Å². The third-order valence-electron chi connectivity index (χ3n) is 8.19. The highest BCUT2D eigenvalue weighted by Gasteiger charge is 2.46. The minimum absolute atomic E-state index is 0.169. The van der Waals surface area contributed by atoms with Crippen molar-refractivity contribution >= 4 is 22.1 Å². The molecule has 1 heterocycles. The molecule has 46 heavy (non-hydrogen) atoms. The molecule has 6 atom stereocenters. The van der Waals surface area contributed by atoms with Crippen LogP contribution in [0.15, 0.2) is 0 Å². The maximum absolute atomic E-state index is 12.6. The predicted molar refractivity (Wildman–Crippen MR) is 174 cm³/mol. The number of carbonyl (C=O) groups is 2. The second kappa shape index (κ2) is 25.6. The number of hydrogen-bond acceptors (Lipinski definition) is 11. The van der Waals surface area contributed by atoms with Gasteiger partial charge in [0, 0.05) is 12.8 Å². The van der Waals surface area contributed by atoms with E-state index in [2.05, 4.69) is 13.8 Å². The van der Waals surface area contributed by atoms with Crippen molar-refractivity contribution in [3.05, 3.63) is 0 Å². The third-order valence-corrected chi connectivity index (χ3v) is 8.94. The molecule has 12 nitrogen and oxygen atoms in total. The van der Waals surface area contributed by atoms with Crippen molar-refractivity contribution in [2.45, 2.75) is 179 Å². The number of rotatable bonds is 28. The van der Waals surface area contributed by atoms with Gasteiger partial charge in [0.2, 0.25) is 0 Å². The van der Waals surface area contributed by atoms with E-state index in [9.17, 15) is 33.3 Å². The Kier molecular flexibility index (Phi) is 23.8. The molecule has 1 rings (SSSR count). The van der Waals surface area contributed by atoms with Gasteiger partial charge < -0.3 is 34.3 Å². The van der Waals surface area contributed by atoms with Crippen molar-refractivity contribution in [2.24, 2.45) is 0 Å². The van der Waals surface area contributed by atoms with Crippen molar-refractivity contribution in [1.29, 1.82) is 0 Å². The van der Waals surface area contributed by atoms with Gasteiger partial charge in [0.15, 0.2) is 12.4 Å². The number of hydrogen-bond donors (Lipinski definition) is 4. The summed E-state index contributed by atoms with van der Waals surface area (Å²) in [5, 5.41) is 30.6. The molecule has 0 aromatic heterocycles. The summed E-state index contributed by atoms with van der Waals surface area (Å²) < 4.78 is 53.5. The first-order valence-electron chi connectivity index (χ1n) is 17.6. The molecule has 0 aromatic carbocycles. The lowest BCUT2D eigenvalue weighted by Gasteiger charge is -2.40. The SMILES string of the molecule is CCCCCCCCCCCC(=O)OC[C@H](CO[C@@H]1O[C@H](CS(=O)(=O)O)[C@@H](O)[C@H](O)[C@H]1O)OC(=O)CCCCCCCCCCC. The summed E-state index contributed by atoms with van der Waals surface area (Å²) in [7, 11) is -4.59. The Morgan fingerprint density at radius 1 is 0.652 bits per heavy atom. The smallest absolute Gasteiger partial charge is 0.306 e. The first-order chi connectivity index (χ1) is 22.0. The van der Waals surface area contributed by atoms with E-state index >= 15 is 0 Å². The highest BCUT2D eigenvalue weighted by atomic mass is 32.2. The first-order valence-corrected chi connectivity index (χ1v) is 19.2. The molecular weight excluding hydrogens is 620 g/mol. The van der Waals surface area contributed by atoms with Crippen molar-refractivity contribution in [2.75, 3.05) is 19.0 Å². The molecule has 0 aromatic rings. The Labute approximate surface area is 276 Å². The normalized spacial score (nSPS) is 22.4. The second-order valence-electron chi connectivity index (χ2n) is 12.5. The van der Waals surface area contributed by atoms with Crippen LogP contribution in [-0.2, 0) is 38.7 Å². The molecule has 13 heteroatoms. The molecular formula is C33H62O12S. The Balaban J connectivity index is 2.58. The van der Waals surface area contributed by atoms with Crippen LogP contribution in [0.4, 0.5) is 0 Å². The number of aliphatic hydroxyl groups excluding tert-OH is 3. The molecule has 0 amide bonds. The number of esters is 2. The Morgan fingerprint density at radius 3 is 1.59 bits per heavy atom. The van der Waals surface area contributed by atoms with Gasteiger partial charge in [-0.05, 0) is 12.8 Å². The van der Waals surface area contributed by atoms with Crippen LogP contribution in [0.3, 0.4) is 0 Å². The molecule has 1 aliphatic heterocycles. The van der Waals surface area contributed by atoms with E-state index in [0.717, 1.165) is 38.5 Å². The minimum atomic E-state index is -4.59. The van der Waals surface area contributed by atoms with Gasteiger partial charge in [-0.3, -0.25) is 14.1 Å². The van der Waals surface area contributed by atoms with Crippen molar-refractivity contribution in [3.63, 3.8) is 0 Å². The standard InChI is InChI=1S/C33H62O12S/c1-3-5-7-9-11-13-15-17-19-21-28(34)42-23-26(44-29(35)22-20-18-16-14-12-10-8-6-4-2)24-43-33-32(38)31(37)30(36)27(45-33)25-46(39,40)41/h26-27,30-33,36-38H,3-25H2,1-2H3,(H,39,40,41)/t26-,27-,30-,31+,32-,33-/m1/s1. The zero-order chi connectivity index (χ0) is 34.2. The van der Waals surface area contributed by atoms with Crippen molar-refractivity contribution < 1.29 is 56.8 Å². The van der Waals surface area contributed by atoms with Gasteiger partial charge >= 0.3 is 11.9 Å². The van der Waals surface area contributed by atoms with Crippen LogP contribution in [-0.4, -0.2) is 96.0 Å². The van der Waals surface area contributed by atoms with Crippen molar-refractivity contribution in [3.8, 4) is 0 Å². The lowest BCUT2D eigenvalue weighted by molar-refractivity contribution is -0.297. The minimum Gasteiger partial charge on any atom is -0.462 e. The Bertz CT molecular complexity index is 899. The Morgan fingerprint density at radius 2 is 1.11 bits per heavy atom. The fourth-order valence-electron chi connectivity index (χ4n) is 5.38. The lowest BCUT2D eigenvalue weighted by Crippen LogP contribution is -2.60. The zero-order valence-corrected chi connectivity index (χ0v) is 29.0. The molecule has 0 spiro atoms. The fourth-order valence-corrected chi connectivity index (χ4v) is 6.07.